The summed E-state index contributed by atoms with van der Waals surface area (Å²) >= 11 is 0. The average Bonchev–Trinajstić information content (AvgIpc) is 2.68. The quantitative estimate of drug-likeness (QED) is 0.351. The number of nitrogens with two attached hydrogens (primary N) is 1. The Hall–Kier alpha value is -2.71. The molecule has 2 aromatic rings. The molecule has 148 valence electrons. The first-order valence-electron chi connectivity index (χ1n) is 8.82. The van der Waals surface area contributed by atoms with Crippen LogP contribution < -0.4 is 31.5 Å². The van der Waals surface area contributed by atoms with Crippen molar-refractivity contribution in [1.29, 1.82) is 0 Å². The standard InChI is InChI=1S/C21H26N4O2S/c1-3-10-17-11-8-9-14-19(17)20(4-2)28(26,27)24-16-15-23-21(22)25-18-12-6-5-7-13-18/h3-14,21,23-25H,1-2,15-16,22H2/b17-10-,20-19+/t21-/m1/s1. The van der Waals surface area contributed by atoms with Gasteiger partial charge in [0.05, 0.1) is 4.91 Å². The van der Waals surface area contributed by atoms with Gasteiger partial charge in [0.2, 0.25) is 10.0 Å². The molecule has 0 aliphatic carbocycles. The normalized spacial score (nSPS) is 14.2. The minimum atomic E-state index is -3.73. The average molecular weight is 399 g/mol. The molecule has 1 atom stereocenters. The van der Waals surface area contributed by atoms with Crippen LogP contribution in [0.2, 0.25) is 0 Å². The van der Waals surface area contributed by atoms with Gasteiger partial charge in [0.25, 0.3) is 0 Å². The van der Waals surface area contributed by atoms with Gasteiger partial charge in [-0.15, -0.1) is 0 Å². The Morgan fingerprint density at radius 3 is 2.39 bits per heavy atom. The Labute approximate surface area is 166 Å². The number of benzene rings is 2. The molecule has 0 aliphatic heterocycles. The third-order valence-electron chi connectivity index (χ3n) is 3.88. The van der Waals surface area contributed by atoms with Crippen LogP contribution in [0.15, 0.2) is 79.9 Å². The fourth-order valence-electron chi connectivity index (χ4n) is 2.61. The fraction of sp³-hybridized carbons (Fsp3) is 0.143. The molecule has 0 unspecified atom stereocenters. The Morgan fingerprint density at radius 2 is 1.71 bits per heavy atom. The van der Waals surface area contributed by atoms with Crippen molar-refractivity contribution < 1.29 is 8.42 Å². The lowest BCUT2D eigenvalue weighted by Crippen LogP contribution is -2.47. The summed E-state index contributed by atoms with van der Waals surface area (Å²) in [7, 11) is -3.73. The van der Waals surface area contributed by atoms with Gasteiger partial charge in [0.1, 0.15) is 6.29 Å². The van der Waals surface area contributed by atoms with E-state index in [1.165, 1.54) is 6.08 Å². The third-order valence-corrected chi connectivity index (χ3v) is 5.43. The molecule has 0 aliphatic rings. The van der Waals surface area contributed by atoms with Gasteiger partial charge in [0, 0.05) is 24.0 Å². The van der Waals surface area contributed by atoms with Crippen LogP contribution in [-0.4, -0.2) is 27.8 Å². The van der Waals surface area contributed by atoms with Crippen LogP contribution in [0.25, 0.3) is 11.0 Å². The van der Waals surface area contributed by atoms with Gasteiger partial charge in [-0.25, -0.2) is 13.1 Å². The molecule has 0 amide bonds. The number of sulfonamides is 1. The first kappa shape index (κ1) is 21.6. The molecule has 2 aromatic carbocycles. The summed E-state index contributed by atoms with van der Waals surface area (Å²) in [6.45, 7) is 7.87. The number of hydrogen-bond donors (Lipinski definition) is 4. The SMILES string of the molecule is C=C/C=c1/cccc/c1=C(/C=C)S(=O)(=O)NCCN[C@@H](N)Nc1ccccc1. The van der Waals surface area contributed by atoms with Crippen molar-refractivity contribution in [3.8, 4) is 0 Å². The van der Waals surface area contributed by atoms with E-state index in [9.17, 15) is 8.42 Å². The molecule has 7 heteroatoms. The summed E-state index contributed by atoms with van der Waals surface area (Å²) < 4.78 is 28.0. The van der Waals surface area contributed by atoms with Crippen molar-refractivity contribution in [1.82, 2.24) is 10.0 Å². The highest BCUT2D eigenvalue weighted by atomic mass is 32.2. The minimum Gasteiger partial charge on any atom is -0.358 e. The number of anilines is 1. The predicted molar refractivity (Wildman–Crippen MR) is 117 cm³/mol. The molecule has 0 aromatic heterocycles. The Bertz CT molecular complexity index is 1020. The van der Waals surface area contributed by atoms with Gasteiger partial charge in [-0.2, -0.15) is 0 Å². The van der Waals surface area contributed by atoms with Crippen LogP contribution in [0.3, 0.4) is 0 Å². The van der Waals surface area contributed by atoms with E-state index in [4.69, 9.17) is 5.73 Å². The monoisotopic (exact) mass is 398 g/mol. The second-order valence-electron chi connectivity index (χ2n) is 5.90. The molecule has 0 saturated carbocycles. The van der Waals surface area contributed by atoms with Crippen LogP contribution in [0.4, 0.5) is 5.69 Å². The summed E-state index contributed by atoms with van der Waals surface area (Å²) in [5.74, 6) is 0. The molecule has 0 saturated heterocycles. The molecule has 0 spiro atoms. The summed E-state index contributed by atoms with van der Waals surface area (Å²) in [4.78, 5) is 0.118. The lowest BCUT2D eigenvalue weighted by Gasteiger charge is -2.17. The predicted octanol–water partition coefficient (Wildman–Crippen LogP) is 0.811. The van der Waals surface area contributed by atoms with Crippen molar-refractivity contribution in [3.63, 3.8) is 0 Å². The number of allylic oxidation sites excluding steroid dienone is 1. The zero-order valence-corrected chi connectivity index (χ0v) is 16.5. The third kappa shape index (κ3) is 6.17. The van der Waals surface area contributed by atoms with E-state index < -0.39 is 16.3 Å². The maximum atomic E-state index is 12.7. The first-order chi connectivity index (χ1) is 13.5. The van der Waals surface area contributed by atoms with E-state index >= 15 is 0 Å². The largest absolute Gasteiger partial charge is 0.358 e. The Morgan fingerprint density at radius 1 is 1.04 bits per heavy atom. The zero-order chi connectivity index (χ0) is 20.4. The van der Waals surface area contributed by atoms with E-state index in [0.717, 1.165) is 10.9 Å². The van der Waals surface area contributed by atoms with Crippen molar-refractivity contribution in [2.24, 2.45) is 5.73 Å². The number of hydrogen-bond acceptors (Lipinski definition) is 5. The van der Waals surface area contributed by atoms with Crippen molar-refractivity contribution in [2.45, 2.75) is 6.29 Å². The lowest BCUT2D eigenvalue weighted by atomic mass is 10.2. The van der Waals surface area contributed by atoms with Crippen LogP contribution in [0, 0.1) is 0 Å². The molecule has 0 radical (unpaired) electrons. The maximum absolute atomic E-state index is 12.7. The number of rotatable bonds is 10. The Kier molecular flexibility index (Phi) is 8.16. The van der Waals surface area contributed by atoms with Crippen LogP contribution in [0.5, 0.6) is 0 Å². The molecule has 0 fully saturated rings. The topological polar surface area (TPSA) is 96.2 Å². The van der Waals surface area contributed by atoms with Crippen LogP contribution in [0.1, 0.15) is 0 Å². The van der Waals surface area contributed by atoms with Crippen LogP contribution in [-0.2, 0) is 10.0 Å². The smallest absolute Gasteiger partial charge is 0.241 e. The molecule has 2 rings (SSSR count). The van der Waals surface area contributed by atoms with Gasteiger partial charge in [-0.3, -0.25) is 11.1 Å². The highest BCUT2D eigenvalue weighted by Crippen LogP contribution is 2.05. The van der Waals surface area contributed by atoms with E-state index in [0.29, 0.717) is 11.8 Å². The van der Waals surface area contributed by atoms with Crippen molar-refractivity contribution in [2.75, 3.05) is 18.4 Å². The highest BCUT2D eigenvalue weighted by molar-refractivity contribution is 7.98. The van der Waals surface area contributed by atoms with E-state index in [1.54, 1.807) is 24.3 Å². The number of para-hydroxylation sites is 1. The summed E-state index contributed by atoms with van der Waals surface area (Å²) in [6.07, 6.45) is 4.21. The molecule has 0 heterocycles. The summed E-state index contributed by atoms with van der Waals surface area (Å²) in [5.41, 5.74) is 6.83. The second kappa shape index (κ2) is 10.6. The van der Waals surface area contributed by atoms with Crippen molar-refractivity contribution >= 4 is 26.7 Å². The van der Waals surface area contributed by atoms with Gasteiger partial charge in [-0.1, -0.05) is 67.8 Å². The van der Waals surface area contributed by atoms with Crippen LogP contribution >= 0.6 is 0 Å². The first-order valence-corrected chi connectivity index (χ1v) is 10.3. The summed E-state index contributed by atoms with van der Waals surface area (Å²) in [5, 5.41) is 7.42. The summed E-state index contributed by atoms with van der Waals surface area (Å²) in [6, 6.07) is 16.7. The zero-order valence-electron chi connectivity index (χ0n) is 15.6. The van der Waals surface area contributed by atoms with E-state index in [2.05, 4.69) is 28.5 Å². The van der Waals surface area contributed by atoms with Gasteiger partial charge in [0.15, 0.2) is 0 Å². The maximum Gasteiger partial charge on any atom is 0.241 e. The second-order valence-corrected chi connectivity index (χ2v) is 7.63. The van der Waals surface area contributed by atoms with Gasteiger partial charge < -0.3 is 5.32 Å². The molecule has 28 heavy (non-hydrogen) atoms. The molecular formula is C21H26N4O2S. The Balaban J connectivity index is 2.03. The lowest BCUT2D eigenvalue weighted by molar-refractivity contribution is 0.561. The molecule has 0 bridgehead atoms. The number of nitrogens with one attached hydrogen (secondary N) is 3. The minimum absolute atomic E-state index is 0.118. The van der Waals surface area contributed by atoms with E-state index in [-0.39, 0.29) is 11.4 Å². The molecule has 6 nitrogen and oxygen atoms in total. The highest BCUT2D eigenvalue weighted by Gasteiger charge is 2.15. The molecule has 5 N–H and O–H groups in total. The van der Waals surface area contributed by atoms with E-state index in [1.807, 2.05) is 42.5 Å². The van der Waals surface area contributed by atoms with Gasteiger partial charge in [-0.05, 0) is 23.4 Å². The fourth-order valence-corrected chi connectivity index (χ4v) is 3.84. The molecular weight excluding hydrogens is 372 g/mol. The van der Waals surface area contributed by atoms with Crippen molar-refractivity contribution in [3.05, 3.63) is 90.3 Å². The van der Waals surface area contributed by atoms with Gasteiger partial charge >= 0.3 is 0 Å².